The molecule has 1 aliphatic heterocycles. The highest BCUT2D eigenvalue weighted by Gasteiger charge is 2.20. The maximum atomic E-state index is 12.0. The summed E-state index contributed by atoms with van der Waals surface area (Å²) >= 11 is 0. The van der Waals surface area contributed by atoms with Gasteiger partial charge in [-0.15, -0.1) is 0 Å². The van der Waals surface area contributed by atoms with Crippen molar-refractivity contribution in [2.45, 2.75) is 37.6 Å². The average Bonchev–Trinajstić information content (AvgIpc) is 3.10. The van der Waals surface area contributed by atoms with Crippen LogP contribution < -0.4 is 4.72 Å². The molecule has 1 aromatic rings. The van der Waals surface area contributed by atoms with E-state index in [9.17, 15) is 13.2 Å². The van der Waals surface area contributed by atoms with Gasteiger partial charge < -0.3 is 9.88 Å². The lowest BCUT2D eigenvalue weighted by Gasteiger charge is -2.14. The summed E-state index contributed by atoms with van der Waals surface area (Å²) in [6, 6.07) is 0. The van der Waals surface area contributed by atoms with Crippen LogP contribution in [0.4, 0.5) is 0 Å². The fourth-order valence-corrected chi connectivity index (χ4v) is 3.12. The Bertz CT molecular complexity index is 561. The molecule has 8 heteroatoms. The molecule has 0 radical (unpaired) electrons. The molecule has 0 saturated carbocycles. The second-order valence-electron chi connectivity index (χ2n) is 4.78. The normalized spacial score (nSPS) is 15.8. The zero-order valence-corrected chi connectivity index (χ0v) is 12.4. The number of carbonyl (C=O) groups is 1. The van der Waals surface area contributed by atoms with E-state index in [0.29, 0.717) is 12.2 Å². The molecule has 0 spiro atoms. The number of H-pyrrole nitrogens is 1. The minimum atomic E-state index is -3.61. The number of carbonyl (C=O) groups excluding carboxylic acids is 1. The Morgan fingerprint density at radius 2 is 2.15 bits per heavy atom. The molecule has 0 atom stereocenters. The van der Waals surface area contributed by atoms with E-state index in [1.54, 1.807) is 4.90 Å². The molecule has 0 aromatic carbocycles. The Labute approximate surface area is 118 Å². The average molecular weight is 300 g/mol. The number of likely N-dealkylation sites (tertiary alicyclic amines) is 1. The fourth-order valence-electron chi connectivity index (χ4n) is 2.15. The Kier molecular flexibility index (Phi) is 4.77. The van der Waals surface area contributed by atoms with E-state index in [-0.39, 0.29) is 23.9 Å². The van der Waals surface area contributed by atoms with E-state index in [4.69, 9.17) is 0 Å². The standard InChI is InChI=1S/C12H20N4O3S/c1-2-10-13-9-11(15-10)20(18,19)14-6-5-12(17)16-7-3-4-8-16/h9,14H,2-8H2,1H3,(H,13,15). The molecular formula is C12H20N4O3S. The Hall–Kier alpha value is -1.41. The molecule has 2 N–H and O–H groups in total. The first-order chi connectivity index (χ1) is 9.53. The summed E-state index contributed by atoms with van der Waals surface area (Å²) in [5.41, 5.74) is 0. The highest BCUT2D eigenvalue weighted by molar-refractivity contribution is 7.89. The number of aromatic amines is 1. The fraction of sp³-hybridized carbons (Fsp3) is 0.667. The molecule has 0 aliphatic carbocycles. The predicted molar refractivity (Wildman–Crippen MR) is 73.6 cm³/mol. The van der Waals surface area contributed by atoms with Crippen molar-refractivity contribution in [3.63, 3.8) is 0 Å². The third kappa shape index (κ3) is 3.57. The van der Waals surface area contributed by atoms with E-state index < -0.39 is 10.0 Å². The predicted octanol–water partition coefficient (Wildman–Crippen LogP) is 0.263. The number of nitrogens with zero attached hydrogens (tertiary/aromatic N) is 2. The zero-order chi connectivity index (χ0) is 14.6. The van der Waals surface area contributed by atoms with Crippen molar-refractivity contribution < 1.29 is 13.2 Å². The van der Waals surface area contributed by atoms with Crippen LogP contribution in [0.5, 0.6) is 0 Å². The lowest BCUT2D eigenvalue weighted by molar-refractivity contribution is -0.129. The van der Waals surface area contributed by atoms with E-state index in [0.717, 1.165) is 25.9 Å². The van der Waals surface area contributed by atoms with Crippen molar-refractivity contribution in [2.75, 3.05) is 19.6 Å². The summed E-state index contributed by atoms with van der Waals surface area (Å²) in [4.78, 5) is 20.3. The van der Waals surface area contributed by atoms with E-state index >= 15 is 0 Å². The molecule has 0 unspecified atom stereocenters. The summed E-state index contributed by atoms with van der Waals surface area (Å²) in [5.74, 6) is 0.627. The van der Waals surface area contributed by atoms with Crippen molar-refractivity contribution in [1.29, 1.82) is 0 Å². The van der Waals surface area contributed by atoms with Crippen molar-refractivity contribution in [2.24, 2.45) is 0 Å². The van der Waals surface area contributed by atoms with Crippen LogP contribution in [-0.4, -0.2) is 48.8 Å². The number of imidazole rings is 1. The van der Waals surface area contributed by atoms with Crippen molar-refractivity contribution >= 4 is 15.9 Å². The maximum absolute atomic E-state index is 12.0. The van der Waals surface area contributed by atoms with Gasteiger partial charge in [0.1, 0.15) is 5.82 Å². The van der Waals surface area contributed by atoms with Gasteiger partial charge in [-0.05, 0) is 12.8 Å². The minimum Gasteiger partial charge on any atom is -0.343 e. The summed E-state index contributed by atoms with van der Waals surface area (Å²) in [7, 11) is -3.61. The van der Waals surface area contributed by atoms with Crippen LogP contribution in [0.3, 0.4) is 0 Å². The number of hydrogen-bond acceptors (Lipinski definition) is 4. The topological polar surface area (TPSA) is 95.2 Å². The quantitative estimate of drug-likeness (QED) is 0.788. The lowest BCUT2D eigenvalue weighted by atomic mass is 10.4. The Balaban J connectivity index is 1.84. The van der Waals surface area contributed by atoms with Gasteiger partial charge in [-0.2, -0.15) is 0 Å². The SMILES string of the molecule is CCc1ncc(S(=O)(=O)NCCC(=O)N2CCCC2)[nH]1. The van der Waals surface area contributed by atoms with Crippen LogP contribution in [-0.2, 0) is 21.2 Å². The zero-order valence-electron chi connectivity index (χ0n) is 11.6. The number of aromatic nitrogens is 2. The first-order valence-corrected chi connectivity index (χ1v) is 8.32. The Morgan fingerprint density at radius 1 is 1.45 bits per heavy atom. The highest BCUT2D eigenvalue weighted by atomic mass is 32.2. The van der Waals surface area contributed by atoms with Gasteiger partial charge in [-0.1, -0.05) is 6.92 Å². The molecule has 1 amide bonds. The van der Waals surface area contributed by atoms with Gasteiger partial charge >= 0.3 is 0 Å². The van der Waals surface area contributed by atoms with Gasteiger partial charge in [0, 0.05) is 32.5 Å². The monoisotopic (exact) mass is 300 g/mol. The molecular weight excluding hydrogens is 280 g/mol. The summed E-state index contributed by atoms with van der Waals surface area (Å²) in [6.45, 7) is 3.56. The van der Waals surface area contributed by atoms with Crippen LogP contribution in [0.15, 0.2) is 11.2 Å². The van der Waals surface area contributed by atoms with Crippen LogP contribution in [0, 0.1) is 0 Å². The Morgan fingerprint density at radius 3 is 2.75 bits per heavy atom. The maximum Gasteiger partial charge on any atom is 0.257 e. The second-order valence-corrected chi connectivity index (χ2v) is 6.52. The number of sulfonamides is 1. The van der Waals surface area contributed by atoms with Crippen LogP contribution in [0.1, 0.15) is 32.0 Å². The molecule has 1 fully saturated rings. The smallest absolute Gasteiger partial charge is 0.257 e. The summed E-state index contributed by atoms with van der Waals surface area (Å²) in [5, 5.41) is 0.0444. The molecule has 0 bridgehead atoms. The molecule has 7 nitrogen and oxygen atoms in total. The second kappa shape index (κ2) is 6.36. The van der Waals surface area contributed by atoms with Crippen molar-refractivity contribution in [3.05, 3.63) is 12.0 Å². The number of hydrogen-bond donors (Lipinski definition) is 2. The molecule has 2 heterocycles. The summed E-state index contributed by atoms with van der Waals surface area (Å²) in [6.07, 6.45) is 4.19. The van der Waals surface area contributed by atoms with Crippen LogP contribution in [0.2, 0.25) is 0 Å². The van der Waals surface area contributed by atoms with Crippen LogP contribution >= 0.6 is 0 Å². The first-order valence-electron chi connectivity index (χ1n) is 6.84. The molecule has 2 rings (SSSR count). The van der Waals surface area contributed by atoms with Crippen LogP contribution in [0.25, 0.3) is 0 Å². The third-order valence-electron chi connectivity index (χ3n) is 3.32. The van der Waals surface area contributed by atoms with E-state index in [2.05, 4.69) is 14.7 Å². The lowest BCUT2D eigenvalue weighted by Crippen LogP contribution is -2.32. The molecule has 20 heavy (non-hydrogen) atoms. The number of nitrogens with one attached hydrogen (secondary N) is 2. The largest absolute Gasteiger partial charge is 0.343 e. The van der Waals surface area contributed by atoms with E-state index in [1.807, 2.05) is 6.92 Å². The van der Waals surface area contributed by atoms with Crippen molar-refractivity contribution in [3.8, 4) is 0 Å². The van der Waals surface area contributed by atoms with Crippen molar-refractivity contribution in [1.82, 2.24) is 19.6 Å². The highest BCUT2D eigenvalue weighted by Crippen LogP contribution is 2.09. The van der Waals surface area contributed by atoms with Gasteiger partial charge in [-0.25, -0.2) is 18.1 Å². The molecule has 112 valence electrons. The van der Waals surface area contributed by atoms with Gasteiger partial charge in [-0.3, -0.25) is 4.79 Å². The first kappa shape index (κ1) is 15.0. The van der Waals surface area contributed by atoms with Gasteiger partial charge in [0.05, 0.1) is 6.20 Å². The molecule has 1 aliphatic rings. The molecule has 1 aromatic heterocycles. The third-order valence-corrected chi connectivity index (χ3v) is 4.69. The number of amides is 1. The number of aryl methyl sites for hydroxylation is 1. The van der Waals surface area contributed by atoms with Gasteiger partial charge in [0.15, 0.2) is 5.03 Å². The van der Waals surface area contributed by atoms with E-state index in [1.165, 1.54) is 6.20 Å². The number of rotatable bonds is 6. The summed E-state index contributed by atoms with van der Waals surface area (Å²) < 4.78 is 26.3. The molecule has 1 saturated heterocycles. The minimum absolute atomic E-state index is 0.00376. The van der Waals surface area contributed by atoms with Gasteiger partial charge in [0.2, 0.25) is 5.91 Å². The van der Waals surface area contributed by atoms with Gasteiger partial charge in [0.25, 0.3) is 10.0 Å².